The maximum Gasteiger partial charge on any atom is 0.200 e. The van der Waals surface area contributed by atoms with E-state index in [1.807, 2.05) is 0 Å². The Hall–Kier alpha value is -2.88. The maximum absolute atomic E-state index is 12.9. The Morgan fingerprint density at radius 2 is 1.80 bits per heavy atom. The normalized spacial score (nSPS) is 15.7. The minimum atomic E-state index is -3.12. The van der Waals surface area contributed by atoms with Gasteiger partial charge in [-0.05, 0) is 55.0 Å². The molecule has 0 bridgehead atoms. The molecule has 30 heavy (non-hydrogen) atoms. The number of benzene rings is 2. The molecule has 1 fully saturated rings. The summed E-state index contributed by atoms with van der Waals surface area (Å²) in [6.45, 7) is 0. The zero-order chi connectivity index (χ0) is 21.4. The van der Waals surface area contributed by atoms with Gasteiger partial charge in [0, 0.05) is 11.8 Å². The van der Waals surface area contributed by atoms with E-state index >= 15 is 0 Å². The van der Waals surface area contributed by atoms with Crippen LogP contribution in [0.1, 0.15) is 36.8 Å². The molecule has 5 nitrogen and oxygen atoms in total. The number of sulfone groups is 1. The lowest BCUT2D eigenvalue weighted by Crippen LogP contribution is -2.20. The molecule has 4 rings (SSSR count). The standard InChI is InChI=1S/C24H22O5S/c1-30(27,28)16-18-4-7-19(8-5-18)21-15-29-22-14-17(6-9-20(22)23(21)25)10-13-24(26)11-2-3-12-24/h4-9,14-15,26H,2-3,11-12,16H2,1H3. The first-order valence-corrected chi connectivity index (χ1v) is 11.9. The van der Waals surface area contributed by atoms with Crippen LogP contribution >= 0.6 is 0 Å². The third kappa shape index (κ3) is 4.48. The van der Waals surface area contributed by atoms with E-state index < -0.39 is 15.4 Å². The highest BCUT2D eigenvalue weighted by Crippen LogP contribution is 2.28. The molecule has 1 aliphatic carbocycles. The van der Waals surface area contributed by atoms with Gasteiger partial charge in [0.25, 0.3) is 0 Å². The molecule has 1 N–H and O–H groups in total. The van der Waals surface area contributed by atoms with Crippen molar-refractivity contribution in [1.29, 1.82) is 0 Å². The van der Waals surface area contributed by atoms with Gasteiger partial charge in [0.05, 0.1) is 16.7 Å². The molecule has 154 valence electrons. The largest absolute Gasteiger partial charge is 0.463 e. The molecule has 0 aliphatic heterocycles. The van der Waals surface area contributed by atoms with Gasteiger partial charge in [-0.2, -0.15) is 0 Å². The van der Waals surface area contributed by atoms with Crippen LogP contribution in [0.3, 0.4) is 0 Å². The van der Waals surface area contributed by atoms with Crippen molar-refractivity contribution in [2.24, 2.45) is 0 Å². The summed E-state index contributed by atoms with van der Waals surface area (Å²) in [5, 5.41) is 10.8. The zero-order valence-electron chi connectivity index (χ0n) is 16.6. The van der Waals surface area contributed by atoms with Gasteiger partial charge in [-0.15, -0.1) is 0 Å². The average Bonchev–Trinajstić information content (AvgIpc) is 3.13. The topological polar surface area (TPSA) is 84.6 Å². The van der Waals surface area contributed by atoms with Crippen LogP contribution < -0.4 is 5.43 Å². The lowest BCUT2D eigenvalue weighted by Gasteiger charge is -2.12. The van der Waals surface area contributed by atoms with Crippen molar-refractivity contribution >= 4 is 20.8 Å². The predicted octanol–water partition coefficient (Wildman–Crippen LogP) is 3.66. The van der Waals surface area contributed by atoms with Gasteiger partial charge in [-0.1, -0.05) is 36.1 Å². The molecule has 1 aliphatic rings. The molecule has 0 spiro atoms. The fourth-order valence-corrected chi connectivity index (χ4v) is 4.56. The summed E-state index contributed by atoms with van der Waals surface area (Å²) in [5.74, 6) is 5.91. The van der Waals surface area contributed by atoms with Crippen molar-refractivity contribution in [1.82, 2.24) is 0 Å². The van der Waals surface area contributed by atoms with E-state index in [4.69, 9.17) is 4.42 Å². The monoisotopic (exact) mass is 422 g/mol. The second kappa shape index (κ2) is 7.75. The van der Waals surface area contributed by atoms with Gasteiger partial charge in [0.1, 0.15) is 17.4 Å². The maximum atomic E-state index is 12.9. The van der Waals surface area contributed by atoms with E-state index in [2.05, 4.69) is 11.8 Å². The zero-order valence-corrected chi connectivity index (χ0v) is 17.5. The van der Waals surface area contributed by atoms with Gasteiger partial charge in [0.15, 0.2) is 15.3 Å². The van der Waals surface area contributed by atoms with Crippen molar-refractivity contribution < 1.29 is 17.9 Å². The molecule has 1 aromatic heterocycles. The van der Waals surface area contributed by atoms with Gasteiger partial charge < -0.3 is 9.52 Å². The van der Waals surface area contributed by atoms with E-state index in [-0.39, 0.29) is 11.2 Å². The smallest absolute Gasteiger partial charge is 0.200 e. The molecule has 0 atom stereocenters. The van der Waals surface area contributed by atoms with E-state index in [0.717, 1.165) is 12.8 Å². The molecule has 0 saturated heterocycles. The third-order valence-corrected chi connectivity index (χ3v) is 6.20. The van der Waals surface area contributed by atoms with Crippen molar-refractivity contribution in [2.75, 3.05) is 6.26 Å². The highest BCUT2D eigenvalue weighted by atomic mass is 32.2. The van der Waals surface area contributed by atoms with Crippen LogP contribution in [0.2, 0.25) is 0 Å². The fourth-order valence-electron chi connectivity index (χ4n) is 3.76. The Bertz CT molecular complexity index is 1320. The number of hydrogen-bond acceptors (Lipinski definition) is 5. The van der Waals surface area contributed by atoms with Crippen molar-refractivity contribution in [3.8, 4) is 23.0 Å². The molecule has 3 aromatic rings. The molecule has 2 aromatic carbocycles. The van der Waals surface area contributed by atoms with Crippen molar-refractivity contribution in [2.45, 2.75) is 37.0 Å². The second-order valence-corrected chi connectivity index (χ2v) is 10.1. The van der Waals surface area contributed by atoms with Crippen LogP contribution in [0.4, 0.5) is 0 Å². The van der Waals surface area contributed by atoms with E-state index in [9.17, 15) is 18.3 Å². The van der Waals surface area contributed by atoms with E-state index in [1.165, 1.54) is 12.5 Å². The Morgan fingerprint density at radius 1 is 1.10 bits per heavy atom. The first-order valence-electron chi connectivity index (χ1n) is 9.81. The molecule has 0 amide bonds. The number of fused-ring (bicyclic) bond motifs is 1. The number of rotatable bonds is 3. The molecular weight excluding hydrogens is 400 g/mol. The summed E-state index contributed by atoms with van der Waals surface area (Å²) in [5.41, 5.74) is 1.77. The van der Waals surface area contributed by atoms with E-state index in [0.29, 0.717) is 46.1 Å². The van der Waals surface area contributed by atoms with Crippen LogP contribution in [0.5, 0.6) is 0 Å². The van der Waals surface area contributed by atoms with Crippen LogP contribution in [-0.2, 0) is 15.6 Å². The Kier molecular flexibility index (Phi) is 5.27. The van der Waals surface area contributed by atoms with Crippen LogP contribution in [-0.4, -0.2) is 25.4 Å². The number of aliphatic hydroxyl groups is 1. The minimum Gasteiger partial charge on any atom is -0.463 e. The van der Waals surface area contributed by atoms with Crippen molar-refractivity contribution in [3.63, 3.8) is 0 Å². The SMILES string of the molecule is CS(=O)(=O)Cc1ccc(-c2coc3cc(C#CC4(O)CCCC4)ccc3c2=O)cc1. The second-order valence-electron chi connectivity index (χ2n) is 7.95. The summed E-state index contributed by atoms with van der Waals surface area (Å²) in [6, 6.07) is 12.0. The highest BCUT2D eigenvalue weighted by molar-refractivity contribution is 7.89. The summed E-state index contributed by atoms with van der Waals surface area (Å²) in [6.07, 6.45) is 5.94. The van der Waals surface area contributed by atoms with Crippen LogP contribution in [0.25, 0.3) is 22.1 Å². The van der Waals surface area contributed by atoms with Crippen LogP contribution in [0, 0.1) is 11.8 Å². The fraction of sp³-hybridized carbons (Fsp3) is 0.292. The van der Waals surface area contributed by atoms with Gasteiger partial charge >= 0.3 is 0 Å². The lowest BCUT2D eigenvalue weighted by atomic mass is 10.0. The molecule has 6 heteroatoms. The molecule has 1 saturated carbocycles. The van der Waals surface area contributed by atoms with Gasteiger partial charge in [-0.25, -0.2) is 8.42 Å². The molecule has 1 heterocycles. The third-order valence-electron chi connectivity index (χ3n) is 5.34. The average molecular weight is 423 g/mol. The van der Waals surface area contributed by atoms with E-state index in [1.54, 1.807) is 42.5 Å². The summed E-state index contributed by atoms with van der Waals surface area (Å²) in [4.78, 5) is 12.9. The highest BCUT2D eigenvalue weighted by Gasteiger charge is 2.28. The summed E-state index contributed by atoms with van der Waals surface area (Å²) >= 11 is 0. The Morgan fingerprint density at radius 3 is 2.47 bits per heavy atom. The summed E-state index contributed by atoms with van der Waals surface area (Å²) in [7, 11) is -3.12. The predicted molar refractivity (Wildman–Crippen MR) is 117 cm³/mol. The number of hydrogen-bond donors (Lipinski definition) is 1. The Balaban J connectivity index is 1.65. The molecule has 0 radical (unpaired) electrons. The molecule has 0 unspecified atom stereocenters. The quantitative estimate of drug-likeness (QED) is 0.651. The minimum absolute atomic E-state index is 0.0431. The summed E-state index contributed by atoms with van der Waals surface area (Å²) < 4.78 is 28.6. The first-order chi connectivity index (χ1) is 14.2. The first kappa shape index (κ1) is 20.4. The molecular formula is C24H22O5S. The van der Waals surface area contributed by atoms with Crippen LogP contribution in [0.15, 0.2) is 57.9 Å². The van der Waals surface area contributed by atoms with Gasteiger partial charge in [0.2, 0.25) is 0 Å². The van der Waals surface area contributed by atoms with Crippen molar-refractivity contribution in [3.05, 3.63) is 70.1 Å². The lowest BCUT2D eigenvalue weighted by molar-refractivity contribution is 0.110. The van der Waals surface area contributed by atoms with Gasteiger partial charge in [-0.3, -0.25) is 4.79 Å². The Labute approximate surface area is 175 Å².